The molecule has 2 rings (SSSR count). The molecule has 0 radical (unpaired) electrons. The molecule has 1 N–H and O–H groups in total. The summed E-state index contributed by atoms with van der Waals surface area (Å²) in [7, 11) is 1.43. The molecular weight excluding hydrogens is 227 g/mol. The van der Waals surface area contributed by atoms with E-state index >= 15 is 0 Å². The van der Waals surface area contributed by atoms with E-state index in [0.717, 1.165) is 0 Å². The van der Waals surface area contributed by atoms with Gasteiger partial charge in [0.1, 0.15) is 4.64 Å². The van der Waals surface area contributed by atoms with E-state index in [1.165, 1.54) is 13.3 Å². The number of halogens is 1. The summed E-state index contributed by atoms with van der Waals surface area (Å²) in [5.74, 6) is -0.205. The van der Waals surface area contributed by atoms with E-state index < -0.39 is 5.82 Å². The Labute approximate surface area is 96.9 Å². The molecule has 1 heterocycles. The Hall–Kier alpha value is -1.75. The number of hydrogen-bond donors (Lipinski definition) is 1. The highest BCUT2D eigenvalue weighted by molar-refractivity contribution is 7.71. The smallest absolute Gasteiger partial charge is 0.172 e. The van der Waals surface area contributed by atoms with Crippen molar-refractivity contribution in [2.45, 2.75) is 0 Å². The highest BCUT2D eigenvalue weighted by Gasteiger charge is 2.10. The van der Waals surface area contributed by atoms with Crippen LogP contribution in [0.4, 0.5) is 4.39 Å². The molecule has 82 valence electrons. The molecule has 0 aliphatic rings. The first kappa shape index (κ1) is 10.8. The van der Waals surface area contributed by atoms with Gasteiger partial charge in [0.2, 0.25) is 0 Å². The van der Waals surface area contributed by atoms with Gasteiger partial charge in [0.25, 0.3) is 0 Å². The maximum absolute atomic E-state index is 13.9. The lowest BCUT2D eigenvalue weighted by molar-refractivity contribution is 0.387. The van der Waals surface area contributed by atoms with E-state index in [2.05, 4.69) is 10.2 Å². The number of methoxy groups -OCH3 is 1. The van der Waals surface area contributed by atoms with Crippen molar-refractivity contribution in [1.29, 1.82) is 0 Å². The summed E-state index contributed by atoms with van der Waals surface area (Å²) in [5, 5.41) is 6.42. The van der Waals surface area contributed by atoms with E-state index in [9.17, 15) is 4.39 Å². The minimum absolute atomic E-state index is 0.205. The van der Waals surface area contributed by atoms with Crippen LogP contribution in [0, 0.1) is 10.5 Å². The fourth-order valence-electron chi connectivity index (χ4n) is 1.41. The Balaban J connectivity index is 2.60. The predicted molar refractivity (Wildman–Crippen MR) is 61.4 cm³/mol. The van der Waals surface area contributed by atoms with Crippen LogP contribution in [0.25, 0.3) is 11.1 Å². The zero-order valence-corrected chi connectivity index (χ0v) is 9.34. The highest BCUT2D eigenvalue weighted by Crippen LogP contribution is 2.28. The van der Waals surface area contributed by atoms with Gasteiger partial charge in [-0.3, -0.25) is 5.10 Å². The first-order valence-electron chi connectivity index (χ1n) is 4.60. The molecule has 0 saturated heterocycles. The third kappa shape index (κ3) is 1.94. The van der Waals surface area contributed by atoms with Gasteiger partial charge in [-0.1, -0.05) is 24.4 Å². The van der Waals surface area contributed by atoms with Crippen molar-refractivity contribution in [3.8, 4) is 16.9 Å². The molecule has 0 aliphatic heterocycles. The zero-order valence-electron chi connectivity index (χ0n) is 8.53. The molecular formula is C11H9FN2OS. The molecule has 1 aromatic carbocycles. The molecule has 16 heavy (non-hydrogen) atoms. The summed E-state index contributed by atoms with van der Waals surface area (Å²) < 4.78 is 19.3. The van der Waals surface area contributed by atoms with E-state index in [4.69, 9.17) is 17.0 Å². The number of aromatic nitrogens is 2. The molecule has 0 aliphatic carbocycles. The van der Waals surface area contributed by atoms with Crippen molar-refractivity contribution in [3.05, 3.63) is 40.9 Å². The van der Waals surface area contributed by atoms with Crippen LogP contribution in [-0.4, -0.2) is 17.3 Å². The van der Waals surface area contributed by atoms with Crippen molar-refractivity contribution in [2.75, 3.05) is 7.11 Å². The molecule has 2 aromatic rings. The molecule has 3 nitrogen and oxygen atoms in total. The molecule has 5 heteroatoms. The number of aromatic amines is 1. The van der Waals surface area contributed by atoms with Gasteiger partial charge in [-0.15, -0.1) is 0 Å². The van der Waals surface area contributed by atoms with E-state index in [1.807, 2.05) is 0 Å². The molecule has 0 unspecified atom stereocenters. The summed E-state index contributed by atoms with van der Waals surface area (Å²) in [6.07, 6.45) is 1.52. The van der Waals surface area contributed by atoms with Crippen molar-refractivity contribution >= 4 is 12.2 Å². The Bertz CT molecular complexity index is 568. The quantitative estimate of drug-likeness (QED) is 0.815. The summed E-state index contributed by atoms with van der Waals surface area (Å²) in [5.41, 5.74) is 1.05. The van der Waals surface area contributed by atoms with Gasteiger partial charge >= 0.3 is 0 Å². The lowest BCUT2D eigenvalue weighted by atomic mass is 10.1. The second-order valence-corrected chi connectivity index (χ2v) is 3.60. The van der Waals surface area contributed by atoms with Crippen LogP contribution in [0.3, 0.4) is 0 Å². The summed E-state index contributed by atoms with van der Waals surface area (Å²) in [6.45, 7) is 0. The lowest BCUT2D eigenvalue weighted by Crippen LogP contribution is -1.92. The second-order valence-electron chi connectivity index (χ2n) is 3.16. The van der Waals surface area contributed by atoms with Crippen LogP contribution in [0.2, 0.25) is 0 Å². The normalized spacial score (nSPS) is 10.1. The Morgan fingerprint density at radius 3 is 2.94 bits per heavy atom. The summed E-state index contributed by atoms with van der Waals surface area (Å²) in [4.78, 5) is 0. The number of ether oxygens (including phenoxy) is 1. The number of nitrogens with one attached hydrogen (secondary N) is 1. The van der Waals surface area contributed by atoms with Crippen LogP contribution in [0.1, 0.15) is 0 Å². The minimum atomic E-state index is -0.410. The molecule has 0 spiro atoms. The van der Waals surface area contributed by atoms with Gasteiger partial charge in [0.15, 0.2) is 11.6 Å². The van der Waals surface area contributed by atoms with Crippen molar-refractivity contribution in [1.82, 2.24) is 10.2 Å². The average molecular weight is 236 g/mol. The van der Waals surface area contributed by atoms with Crippen LogP contribution in [-0.2, 0) is 0 Å². The van der Waals surface area contributed by atoms with Crippen LogP contribution in [0.5, 0.6) is 5.75 Å². The third-order valence-electron chi connectivity index (χ3n) is 2.16. The average Bonchev–Trinajstić information content (AvgIpc) is 2.29. The number of rotatable bonds is 2. The lowest BCUT2D eigenvalue weighted by Gasteiger charge is -2.06. The first-order valence-corrected chi connectivity index (χ1v) is 5.01. The van der Waals surface area contributed by atoms with E-state index in [0.29, 0.717) is 15.8 Å². The highest BCUT2D eigenvalue weighted by atomic mass is 32.1. The largest absolute Gasteiger partial charge is 0.494 e. The van der Waals surface area contributed by atoms with Crippen molar-refractivity contribution in [3.63, 3.8) is 0 Å². The number of hydrogen-bond acceptors (Lipinski definition) is 3. The maximum Gasteiger partial charge on any atom is 0.172 e. The van der Waals surface area contributed by atoms with Crippen LogP contribution >= 0.6 is 12.2 Å². The standard InChI is InChI=1S/C11H9FN2OS/c1-15-9-4-2-3-8(11(9)12)7-5-10(16)14-13-6-7/h2-6H,1H3,(H,14,16). The molecule has 0 bridgehead atoms. The fraction of sp³-hybridized carbons (Fsp3) is 0.0909. The van der Waals surface area contributed by atoms with Crippen molar-refractivity contribution < 1.29 is 9.13 Å². The number of nitrogens with zero attached hydrogens (tertiary/aromatic N) is 1. The topological polar surface area (TPSA) is 37.9 Å². The van der Waals surface area contributed by atoms with E-state index in [-0.39, 0.29) is 5.75 Å². The predicted octanol–water partition coefficient (Wildman–Crippen LogP) is 2.95. The van der Waals surface area contributed by atoms with Gasteiger partial charge < -0.3 is 4.74 Å². The fourth-order valence-corrected chi connectivity index (χ4v) is 1.59. The first-order chi connectivity index (χ1) is 7.72. The van der Waals surface area contributed by atoms with Gasteiger partial charge in [-0.05, 0) is 12.1 Å². The molecule has 0 fully saturated rings. The Morgan fingerprint density at radius 2 is 2.25 bits per heavy atom. The Kier molecular flexibility index (Phi) is 2.96. The maximum atomic E-state index is 13.9. The second kappa shape index (κ2) is 4.40. The third-order valence-corrected chi connectivity index (χ3v) is 2.37. The summed E-state index contributed by atoms with van der Waals surface area (Å²) >= 11 is 4.93. The SMILES string of the molecule is COc1cccc(-c2cn[nH]c(=S)c2)c1F. The van der Waals surface area contributed by atoms with Gasteiger partial charge in [-0.2, -0.15) is 5.10 Å². The van der Waals surface area contributed by atoms with Crippen LogP contribution in [0.15, 0.2) is 30.5 Å². The zero-order chi connectivity index (χ0) is 11.5. The van der Waals surface area contributed by atoms with Gasteiger partial charge in [-0.25, -0.2) is 4.39 Å². The van der Waals surface area contributed by atoms with Crippen LogP contribution < -0.4 is 4.74 Å². The van der Waals surface area contributed by atoms with Gasteiger partial charge in [0, 0.05) is 11.1 Å². The minimum Gasteiger partial charge on any atom is -0.494 e. The Morgan fingerprint density at radius 1 is 1.44 bits per heavy atom. The monoisotopic (exact) mass is 236 g/mol. The summed E-state index contributed by atoms with van der Waals surface area (Å²) in [6, 6.07) is 6.59. The number of H-pyrrole nitrogens is 1. The molecule has 0 saturated carbocycles. The van der Waals surface area contributed by atoms with E-state index in [1.54, 1.807) is 24.3 Å². The van der Waals surface area contributed by atoms with Crippen molar-refractivity contribution in [2.24, 2.45) is 0 Å². The molecule has 1 aromatic heterocycles. The van der Waals surface area contributed by atoms with Gasteiger partial charge in [0.05, 0.1) is 13.3 Å². The number of benzene rings is 1. The molecule has 0 amide bonds. The molecule has 0 atom stereocenters.